The van der Waals surface area contributed by atoms with Crippen LogP contribution >= 0.6 is 0 Å². The molecular weight excluding hydrogens is 431 g/mol. The molecule has 32 heavy (non-hydrogen) atoms. The third-order valence-electron chi connectivity index (χ3n) is 5.32. The zero-order valence-electron chi connectivity index (χ0n) is 17.1. The van der Waals surface area contributed by atoms with Crippen molar-refractivity contribution in [2.24, 2.45) is 7.05 Å². The SMILES string of the molecule is CC(NCC(F)(F)F)c1cc2c(cc1F)c(C(=O)Nc1c[nH]c3ccc(F)cc13)cn2C. The Morgan fingerprint density at radius 3 is 2.62 bits per heavy atom. The second-order valence-electron chi connectivity index (χ2n) is 7.61. The predicted molar refractivity (Wildman–Crippen MR) is 112 cm³/mol. The molecule has 0 spiro atoms. The number of nitrogens with zero attached hydrogens (tertiary/aromatic N) is 1. The van der Waals surface area contributed by atoms with E-state index in [1.54, 1.807) is 17.7 Å². The molecule has 2 aromatic carbocycles. The number of hydrogen-bond acceptors (Lipinski definition) is 2. The first-order valence-corrected chi connectivity index (χ1v) is 9.70. The average Bonchev–Trinajstić information content (AvgIpc) is 3.25. The Kier molecular flexibility index (Phi) is 5.41. The lowest BCUT2D eigenvalue weighted by Gasteiger charge is -2.17. The molecule has 4 rings (SSSR count). The van der Waals surface area contributed by atoms with Crippen LogP contribution in [0.5, 0.6) is 0 Å². The van der Waals surface area contributed by atoms with Crippen molar-refractivity contribution in [3.05, 3.63) is 65.5 Å². The van der Waals surface area contributed by atoms with Crippen molar-refractivity contribution in [2.75, 3.05) is 11.9 Å². The first-order valence-electron chi connectivity index (χ1n) is 9.70. The van der Waals surface area contributed by atoms with E-state index < -0.39 is 36.3 Å². The van der Waals surface area contributed by atoms with Gasteiger partial charge in [0.05, 0.1) is 17.8 Å². The number of aromatic amines is 1. The highest BCUT2D eigenvalue weighted by Gasteiger charge is 2.28. The molecule has 4 aromatic rings. The molecule has 168 valence electrons. The molecule has 10 heteroatoms. The Morgan fingerprint density at radius 2 is 1.91 bits per heavy atom. The summed E-state index contributed by atoms with van der Waals surface area (Å²) in [5.74, 6) is -1.72. The van der Waals surface area contributed by atoms with E-state index in [1.165, 1.54) is 37.5 Å². The van der Waals surface area contributed by atoms with Crippen LogP contribution in [0.15, 0.2) is 42.7 Å². The van der Waals surface area contributed by atoms with Gasteiger partial charge in [0.2, 0.25) is 0 Å². The first-order chi connectivity index (χ1) is 15.0. The highest BCUT2D eigenvalue weighted by molar-refractivity contribution is 6.15. The van der Waals surface area contributed by atoms with Gasteiger partial charge in [-0.2, -0.15) is 13.2 Å². The Balaban J connectivity index is 1.65. The van der Waals surface area contributed by atoms with Crippen LogP contribution in [0.3, 0.4) is 0 Å². The topological polar surface area (TPSA) is 61.9 Å². The van der Waals surface area contributed by atoms with E-state index in [9.17, 15) is 26.7 Å². The predicted octanol–water partition coefficient (Wildman–Crippen LogP) is 5.40. The number of H-pyrrole nitrogens is 1. The second-order valence-corrected chi connectivity index (χ2v) is 7.61. The van der Waals surface area contributed by atoms with Crippen LogP contribution in [0, 0.1) is 11.6 Å². The number of carbonyl (C=O) groups is 1. The standard InChI is InChI=1S/C22H19F5N4O/c1-11(29-10-22(25,26)27)13-7-20-14(6-17(13)24)16(9-31(20)2)21(32)30-19-8-28-18-4-3-12(23)5-15(18)19/h3-9,11,28-29H,10H2,1-2H3,(H,30,32). The van der Waals surface area contributed by atoms with Gasteiger partial charge in [-0.1, -0.05) is 0 Å². The fraction of sp³-hybridized carbons (Fsp3) is 0.227. The van der Waals surface area contributed by atoms with Crippen LogP contribution in [-0.2, 0) is 7.05 Å². The number of hydrogen-bond donors (Lipinski definition) is 3. The zero-order valence-corrected chi connectivity index (χ0v) is 17.1. The summed E-state index contributed by atoms with van der Waals surface area (Å²) in [6, 6.07) is 5.79. The minimum Gasteiger partial charge on any atom is -0.359 e. The molecule has 1 amide bonds. The van der Waals surface area contributed by atoms with Crippen LogP contribution in [0.2, 0.25) is 0 Å². The fourth-order valence-corrected chi connectivity index (χ4v) is 3.70. The maximum atomic E-state index is 14.8. The molecular formula is C22H19F5N4O. The van der Waals surface area contributed by atoms with Crippen molar-refractivity contribution in [1.29, 1.82) is 0 Å². The molecule has 0 radical (unpaired) electrons. The van der Waals surface area contributed by atoms with Crippen molar-refractivity contribution in [1.82, 2.24) is 14.9 Å². The summed E-state index contributed by atoms with van der Waals surface area (Å²) in [5, 5.41) is 5.74. The van der Waals surface area contributed by atoms with Crippen LogP contribution in [-0.4, -0.2) is 28.2 Å². The largest absolute Gasteiger partial charge is 0.401 e. The molecule has 3 N–H and O–H groups in total. The quantitative estimate of drug-likeness (QED) is 0.357. The van der Waals surface area contributed by atoms with Gasteiger partial charge in [0, 0.05) is 52.9 Å². The van der Waals surface area contributed by atoms with Crippen LogP contribution in [0.25, 0.3) is 21.8 Å². The van der Waals surface area contributed by atoms with Gasteiger partial charge >= 0.3 is 6.18 Å². The maximum Gasteiger partial charge on any atom is 0.401 e. The Bertz CT molecular complexity index is 1320. The van der Waals surface area contributed by atoms with Crippen molar-refractivity contribution in [2.45, 2.75) is 19.1 Å². The molecule has 0 fully saturated rings. The fourth-order valence-electron chi connectivity index (χ4n) is 3.70. The van der Waals surface area contributed by atoms with Gasteiger partial charge in [-0.25, -0.2) is 8.78 Å². The van der Waals surface area contributed by atoms with E-state index in [0.717, 1.165) is 6.07 Å². The van der Waals surface area contributed by atoms with Crippen LogP contribution < -0.4 is 10.6 Å². The lowest BCUT2D eigenvalue weighted by molar-refractivity contribution is -0.126. The molecule has 0 bridgehead atoms. The normalized spacial score (nSPS) is 13.1. The Morgan fingerprint density at radius 1 is 1.16 bits per heavy atom. The number of anilines is 1. The highest BCUT2D eigenvalue weighted by atomic mass is 19.4. The number of aromatic nitrogens is 2. The second kappa shape index (κ2) is 7.94. The third-order valence-corrected chi connectivity index (χ3v) is 5.32. The summed E-state index contributed by atoms with van der Waals surface area (Å²) >= 11 is 0. The van der Waals surface area contributed by atoms with Crippen LogP contribution in [0.1, 0.15) is 28.9 Å². The summed E-state index contributed by atoms with van der Waals surface area (Å²) < 4.78 is 67.4. The number of fused-ring (bicyclic) bond motifs is 2. The Hall–Kier alpha value is -3.40. The summed E-state index contributed by atoms with van der Waals surface area (Å²) in [4.78, 5) is 15.9. The molecule has 0 saturated heterocycles. The molecule has 0 saturated carbocycles. The molecule has 0 aliphatic heterocycles. The number of alkyl halides is 3. The Labute approximate surface area is 179 Å². The number of benzene rings is 2. The van der Waals surface area contributed by atoms with Crippen LogP contribution in [0.4, 0.5) is 27.6 Å². The van der Waals surface area contributed by atoms with Gasteiger partial charge in [-0.3, -0.25) is 4.79 Å². The lowest BCUT2D eigenvalue weighted by atomic mass is 10.0. The molecule has 1 unspecified atom stereocenters. The molecule has 5 nitrogen and oxygen atoms in total. The zero-order chi connectivity index (χ0) is 23.2. The smallest absolute Gasteiger partial charge is 0.359 e. The molecule has 0 aliphatic carbocycles. The average molecular weight is 450 g/mol. The van der Waals surface area contributed by atoms with E-state index in [1.807, 2.05) is 0 Å². The van der Waals surface area contributed by atoms with Gasteiger partial charge in [0.1, 0.15) is 11.6 Å². The number of rotatable bonds is 5. The number of halogens is 5. The minimum absolute atomic E-state index is 0.0574. The van der Waals surface area contributed by atoms with Gasteiger partial charge < -0.3 is 20.2 Å². The van der Waals surface area contributed by atoms with E-state index in [2.05, 4.69) is 15.6 Å². The lowest BCUT2D eigenvalue weighted by Crippen LogP contribution is -2.31. The van der Waals surface area contributed by atoms with Crippen molar-refractivity contribution in [3.8, 4) is 0 Å². The van der Waals surface area contributed by atoms with Gasteiger partial charge in [0.15, 0.2) is 0 Å². The number of amides is 1. The van der Waals surface area contributed by atoms with E-state index in [4.69, 9.17) is 0 Å². The van der Waals surface area contributed by atoms with E-state index in [0.29, 0.717) is 27.5 Å². The molecule has 2 aromatic heterocycles. The number of nitrogens with one attached hydrogen (secondary N) is 3. The molecule has 0 aliphatic rings. The van der Waals surface area contributed by atoms with Crippen molar-refractivity contribution in [3.63, 3.8) is 0 Å². The molecule has 2 heterocycles. The third kappa shape index (κ3) is 4.18. The van der Waals surface area contributed by atoms with Crippen molar-refractivity contribution < 1.29 is 26.7 Å². The minimum atomic E-state index is -4.42. The van der Waals surface area contributed by atoms with Crippen molar-refractivity contribution >= 4 is 33.4 Å². The number of carbonyl (C=O) groups excluding carboxylic acids is 1. The summed E-state index contributed by atoms with van der Waals surface area (Å²) in [6.45, 7) is 0.181. The number of aryl methyl sites for hydroxylation is 1. The maximum absolute atomic E-state index is 14.8. The highest BCUT2D eigenvalue weighted by Crippen LogP contribution is 2.30. The summed E-state index contributed by atoms with van der Waals surface area (Å²) in [7, 11) is 1.65. The van der Waals surface area contributed by atoms with E-state index >= 15 is 0 Å². The van der Waals surface area contributed by atoms with E-state index in [-0.39, 0.29) is 11.1 Å². The monoisotopic (exact) mass is 450 g/mol. The van der Waals surface area contributed by atoms with Gasteiger partial charge in [-0.15, -0.1) is 0 Å². The first kappa shape index (κ1) is 21.8. The summed E-state index contributed by atoms with van der Waals surface area (Å²) in [5.41, 5.74) is 1.72. The van der Waals surface area contributed by atoms with Gasteiger partial charge in [-0.05, 0) is 37.3 Å². The summed E-state index contributed by atoms with van der Waals surface area (Å²) in [6.07, 6.45) is -1.39. The molecule has 1 atom stereocenters. The van der Waals surface area contributed by atoms with Gasteiger partial charge in [0.25, 0.3) is 5.91 Å².